The monoisotopic (exact) mass is 232 g/mol. The van der Waals surface area contributed by atoms with Crippen LogP contribution in [0.15, 0.2) is 0 Å². The maximum atomic E-state index is 11.4. The molecule has 0 unspecified atom stereocenters. The van der Waals surface area contributed by atoms with Gasteiger partial charge in [-0.05, 0) is 7.05 Å². The maximum Gasteiger partial charge on any atom is 0.248 e. The molecule has 0 heterocycles. The number of ether oxygens (including phenoxy) is 2. The van der Waals surface area contributed by atoms with Crippen LogP contribution in [0.4, 0.5) is 0 Å². The topological polar surface area (TPSA) is 67.9 Å². The van der Waals surface area contributed by atoms with E-state index in [0.717, 1.165) is 6.54 Å². The van der Waals surface area contributed by atoms with E-state index in [-0.39, 0.29) is 19.1 Å². The van der Waals surface area contributed by atoms with Crippen molar-refractivity contribution in [2.24, 2.45) is 0 Å². The van der Waals surface area contributed by atoms with Crippen LogP contribution in [0.1, 0.15) is 0 Å². The van der Waals surface area contributed by atoms with E-state index in [9.17, 15) is 9.59 Å². The summed E-state index contributed by atoms with van der Waals surface area (Å²) in [5.41, 5.74) is 0. The molecular formula is C10H20N2O4. The SMILES string of the molecule is CNCCOCCN(C)C(=O)COCC=O. The average molecular weight is 232 g/mol. The molecule has 0 rings (SSSR count). The van der Waals surface area contributed by atoms with Crippen molar-refractivity contribution >= 4 is 12.2 Å². The van der Waals surface area contributed by atoms with Gasteiger partial charge >= 0.3 is 0 Å². The molecule has 0 atom stereocenters. The van der Waals surface area contributed by atoms with Gasteiger partial charge in [0, 0.05) is 20.1 Å². The molecule has 94 valence electrons. The number of hydrogen-bond acceptors (Lipinski definition) is 5. The molecule has 0 aromatic carbocycles. The minimum absolute atomic E-state index is 0.0434. The molecule has 0 saturated carbocycles. The minimum atomic E-state index is -0.154. The Labute approximate surface area is 95.9 Å². The zero-order chi connectivity index (χ0) is 12.2. The first-order valence-corrected chi connectivity index (χ1v) is 5.20. The number of hydrogen-bond donors (Lipinski definition) is 1. The Bertz CT molecular complexity index is 199. The van der Waals surface area contributed by atoms with Gasteiger partial charge in [0.2, 0.25) is 5.91 Å². The molecule has 0 aromatic rings. The third-order valence-corrected chi connectivity index (χ3v) is 1.90. The minimum Gasteiger partial charge on any atom is -0.378 e. The largest absolute Gasteiger partial charge is 0.378 e. The molecule has 0 fully saturated rings. The number of nitrogens with zero attached hydrogens (tertiary/aromatic N) is 1. The molecule has 1 N–H and O–H groups in total. The van der Waals surface area contributed by atoms with Gasteiger partial charge in [-0.15, -0.1) is 0 Å². The van der Waals surface area contributed by atoms with Gasteiger partial charge in [-0.1, -0.05) is 0 Å². The van der Waals surface area contributed by atoms with Crippen molar-refractivity contribution in [2.45, 2.75) is 0 Å². The summed E-state index contributed by atoms with van der Waals surface area (Å²) in [6, 6.07) is 0. The van der Waals surface area contributed by atoms with E-state index in [1.54, 1.807) is 7.05 Å². The highest BCUT2D eigenvalue weighted by atomic mass is 16.5. The maximum absolute atomic E-state index is 11.4. The van der Waals surface area contributed by atoms with Crippen molar-refractivity contribution in [3.05, 3.63) is 0 Å². The number of amides is 1. The molecular weight excluding hydrogens is 212 g/mol. The fourth-order valence-electron chi connectivity index (χ4n) is 0.907. The Hall–Kier alpha value is -0.980. The van der Waals surface area contributed by atoms with E-state index in [1.165, 1.54) is 4.90 Å². The van der Waals surface area contributed by atoms with Crippen LogP contribution >= 0.6 is 0 Å². The van der Waals surface area contributed by atoms with Crippen LogP contribution in [0.2, 0.25) is 0 Å². The summed E-state index contributed by atoms with van der Waals surface area (Å²) >= 11 is 0. The van der Waals surface area contributed by atoms with Gasteiger partial charge in [-0.2, -0.15) is 0 Å². The zero-order valence-corrected chi connectivity index (χ0v) is 9.90. The average Bonchev–Trinajstić information content (AvgIpc) is 2.28. The lowest BCUT2D eigenvalue weighted by atomic mass is 10.5. The van der Waals surface area contributed by atoms with E-state index in [0.29, 0.717) is 26.0 Å². The second-order valence-corrected chi connectivity index (χ2v) is 3.21. The lowest BCUT2D eigenvalue weighted by Crippen LogP contribution is -2.33. The van der Waals surface area contributed by atoms with Gasteiger partial charge in [0.1, 0.15) is 19.5 Å². The molecule has 6 heteroatoms. The van der Waals surface area contributed by atoms with Crippen molar-refractivity contribution in [2.75, 3.05) is 53.6 Å². The molecule has 0 aliphatic heterocycles. The van der Waals surface area contributed by atoms with Gasteiger partial charge in [-0.3, -0.25) is 4.79 Å². The number of carbonyl (C=O) groups excluding carboxylic acids is 2. The number of carbonyl (C=O) groups is 2. The third kappa shape index (κ3) is 8.34. The third-order valence-electron chi connectivity index (χ3n) is 1.90. The summed E-state index contributed by atoms with van der Waals surface area (Å²) in [6.45, 7) is 2.33. The van der Waals surface area contributed by atoms with E-state index in [4.69, 9.17) is 9.47 Å². The number of likely N-dealkylation sites (N-methyl/N-ethyl adjacent to an activating group) is 2. The van der Waals surface area contributed by atoms with Crippen LogP contribution < -0.4 is 5.32 Å². The first kappa shape index (κ1) is 15.0. The van der Waals surface area contributed by atoms with E-state index >= 15 is 0 Å². The fraction of sp³-hybridized carbons (Fsp3) is 0.800. The standard InChI is InChI=1S/C10H20N2O4/c1-11-3-6-15-7-4-12(2)10(14)9-16-8-5-13/h5,11H,3-4,6-9H2,1-2H3. The summed E-state index contributed by atoms with van der Waals surface area (Å²) in [5, 5.41) is 2.95. The van der Waals surface area contributed by atoms with Crippen molar-refractivity contribution in [1.82, 2.24) is 10.2 Å². The molecule has 0 saturated heterocycles. The summed E-state index contributed by atoms with van der Waals surface area (Å²) in [4.78, 5) is 22.8. The first-order valence-electron chi connectivity index (χ1n) is 5.20. The number of nitrogens with one attached hydrogen (secondary N) is 1. The van der Waals surface area contributed by atoms with Crippen LogP contribution in [0.3, 0.4) is 0 Å². The van der Waals surface area contributed by atoms with Crippen molar-refractivity contribution < 1.29 is 19.1 Å². The second-order valence-electron chi connectivity index (χ2n) is 3.21. The Kier molecular flexibility index (Phi) is 9.89. The quantitative estimate of drug-likeness (QED) is 0.382. The second kappa shape index (κ2) is 10.5. The predicted octanol–water partition coefficient (Wildman–Crippen LogP) is -1.10. The van der Waals surface area contributed by atoms with Crippen molar-refractivity contribution in [3.8, 4) is 0 Å². The first-order chi connectivity index (χ1) is 7.72. The van der Waals surface area contributed by atoms with Gasteiger partial charge in [0.15, 0.2) is 0 Å². The highest BCUT2D eigenvalue weighted by Gasteiger charge is 2.07. The lowest BCUT2D eigenvalue weighted by Gasteiger charge is -2.16. The van der Waals surface area contributed by atoms with E-state index in [1.807, 2.05) is 7.05 Å². The van der Waals surface area contributed by atoms with Crippen LogP contribution in [0.5, 0.6) is 0 Å². The Morgan fingerprint density at radius 2 is 2.12 bits per heavy atom. The molecule has 0 bridgehead atoms. The Morgan fingerprint density at radius 3 is 2.75 bits per heavy atom. The molecule has 16 heavy (non-hydrogen) atoms. The van der Waals surface area contributed by atoms with E-state index in [2.05, 4.69) is 5.32 Å². The fourth-order valence-corrected chi connectivity index (χ4v) is 0.907. The number of rotatable bonds is 10. The summed E-state index contributed by atoms with van der Waals surface area (Å²) in [6.07, 6.45) is 0.619. The van der Waals surface area contributed by atoms with Crippen LogP contribution in [0.25, 0.3) is 0 Å². The molecule has 0 spiro atoms. The normalized spacial score (nSPS) is 10.1. The van der Waals surface area contributed by atoms with Crippen LogP contribution in [0, 0.1) is 0 Å². The lowest BCUT2D eigenvalue weighted by molar-refractivity contribution is -0.136. The van der Waals surface area contributed by atoms with Gasteiger partial charge < -0.3 is 24.5 Å². The highest BCUT2D eigenvalue weighted by Crippen LogP contribution is 1.87. The van der Waals surface area contributed by atoms with Crippen molar-refractivity contribution in [1.29, 1.82) is 0 Å². The predicted molar refractivity (Wildman–Crippen MR) is 59.3 cm³/mol. The molecule has 6 nitrogen and oxygen atoms in total. The summed E-state index contributed by atoms with van der Waals surface area (Å²) in [7, 11) is 3.53. The summed E-state index contributed by atoms with van der Waals surface area (Å²) in [5.74, 6) is -0.154. The molecule has 0 radical (unpaired) electrons. The Morgan fingerprint density at radius 1 is 1.38 bits per heavy atom. The van der Waals surface area contributed by atoms with E-state index < -0.39 is 0 Å². The van der Waals surface area contributed by atoms with Gasteiger partial charge in [0.05, 0.1) is 13.2 Å². The van der Waals surface area contributed by atoms with Gasteiger partial charge in [-0.25, -0.2) is 0 Å². The highest BCUT2D eigenvalue weighted by molar-refractivity contribution is 5.77. The van der Waals surface area contributed by atoms with Crippen LogP contribution in [-0.2, 0) is 19.1 Å². The number of aldehydes is 1. The molecule has 1 amide bonds. The van der Waals surface area contributed by atoms with Crippen LogP contribution in [-0.4, -0.2) is 70.7 Å². The Balaban J connectivity index is 3.43. The van der Waals surface area contributed by atoms with Gasteiger partial charge in [0.25, 0.3) is 0 Å². The molecule has 0 aliphatic rings. The smallest absolute Gasteiger partial charge is 0.248 e. The van der Waals surface area contributed by atoms with Crippen molar-refractivity contribution in [3.63, 3.8) is 0 Å². The summed E-state index contributed by atoms with van der Waals surface area (Å²) < 4.78 is 10.1. The zero-order valence-electron chi connectivity index (χ0n) is 9.90. The molecule has 0 aliphatic carbocycles. The molecule has 0 aromatic heterocycles.